The van der Waals surface area contributed by atoms with E-state index in [4.69, 9.17) is 14.2 Å². The number of rotatable bonds is 5. The second-order valence-corrected chi connectivity index (χ2v) is 4.60. The van der Waals surface area contributed by atoms with E-state index in [0.717, 1.165) is 0 Å². The van der Waals surface area contributed by atoms with Crippen molar-refractivity contribution in [3.63, 3.8) is 0 Å². The number of nitro groups is 1. The Balaban J connectivity index is 2.42. The Hall–Kier alpha value is -3.17. The minimum atomic E-state index is -0.888. The fourth-order valence-electron chi connectivity index (χ4n) is 1.86. The molecule has 1 aromatic rings. The van der Waals surface area contributed by atoms with E-state index in [9.17, 15) is 20.0 Å². The van der Waals surface area contributed by atoms with Gasteiger partial charge in [0.25, 0.3) is 0 Å². The van der Waals surface area contributed by atoms with Crippen LogP contribution >= 0.6 is 0 Å². The van der Waals surface area contributed by atoms with Crippen molar-refractivity contribution in [3.05, 3.63) is 33.7 Å². The van der Waals surface area contributed by atoms with E-state index in [0.29, 0.717) is 6.61 Å². The number of benzene rings is 1. The summed E-state index contributed by atoms with van der Waals surface area (Å²) in [5.74, 6) is -0.798. The van der Waals surface area contributed by atoms with Crippen LogP contribution in [-0.2, 0) is 9.53 Å². The van der Waals surface area contributed by atoms with E-state index < -0.39 is 22.3 Å². The van der Waals surface area contributed by atoms with Crippen molar-refractivity contribution in [1.82, 2.24) is 0 Å². The third kappa shape index (κ3) is 3.77. The quantitative estimate of drug-likeness (QED) is 0.218. The average molecular weight is 337 g/mol. The first-order valence-electron chi connectivity index (χ1n) is 7.00. The van der Waals surface area contributed by atoms with Crippen LogP contribution in [0.3, 0.4) is 0 Å². The average Bonchev–Trinajstić information content (AvgIpc) is 2.54. The van der Waals surface area contributed by atoms with E-state index in [-0.39, 0.29) is 36.1 Å². The van der Waals surface area contributed by atoms with Crippen molar-refractivity contribution in [2.24, 2.45) is 10.2 Å². The second kappa shape index (κ2) is 7.40. The number of esters is 1. The van der Waals surface area contributed by atoms with Gasteiger partial charge in [-0.2, -0.15) is 0 Å². The monoisotopic (exact) mass is 337 g/mol. The Bertz CT molecular complexity index is 723. The number of hydrogen-bond donors (Lipinski definition) is 1. The van der Waals surface area contributed by atoms with Crippen LogP contribution in [0.1, 0.15) is 13.8 Å². The molecule has 128 valence electrons. The zero-order valence-electron chi connectivity index (χ0n) is 13.0. The van der Waals surface area contributed by atoms with Crippen LogP contribution in [-0.4, -0.2) is 35.8 Å². The summed E-state index contributed by atoms with van der Waals surface area (Å²) in [5, 5.41) is 28.0. The number of fused-ring (bicyclic) bond motifs is 1. The number of nitro benzene ring substituents is 1. The summed E-state index contributed by atoms with van der Waals surface area (Å²) in [5.41, 5.74) is -0.963. The molecule has 1 heterocycles. The molecule has 0 aliphatic carbocycles. The van der Waals surface area contributed by atoms with E-state index in [1.807, 2.05) is 0 Å². The van der Waals surface area contributed by atoms with Gasteiger partial charge in [-0.1, -0.05) is 0 Å². The fourth-order valence-corrected chi connectivity index (χ4v) is 1.86. The Morgan fingerprint density at radius 2 is 2.00 bits per heavy atom. The molecule has 0 aromatic heterocycles. The summed E-state index contributed by atoms with van der Waals surface area (Å²) >= 11 is 0. The van der Waals surface area contributed by atoms with E-state index in [1.54, 1.807) is 6.92 Å². The van der Waals surface area contributed by atoms with Gasteiger partial charge in [-0.25, -0.2) is 4.79 Å². The summed E-state index contributed by atoms with van der Waals surface area (Å²) in [6, 6.07) is 2.45. The van der Waals surface area contributed by atoms with Gasteiger partial charge in [-0.3, -0.25) is 10.1 Å². The SMILES string of the molecule is CCOC(=O)/C(N=Nc1cc2c(cc1[N+](=O)[O-])OCCO2)=C(\C)O. The highest BCUT2D eigenvalue weighted by Crippen LogP contribution is 2.41. The van der Waals surface area contributed by atoms with Gasteiger partial charge in [0.2, 0.25) is 5.70 Å². The maximum absolute atomic E-state index is 11.7. The number of hydrogen-bond acceptors (Lipinski definition) is 9. The molecular weight excluding hydrogens is 322 g/mol. The van der Waals surface area contributed by atoms with Crippen molar-refractivity contribution in [1.29, 1.82) is 0 Å². The smallest absolute Gasteiger partial charge is 0.362 e. The molecule has 0 saturated carbocycles. The minimum absolute atomic E-state index is 0.0787. The van der Waals surface area contributed by atoms with Crippen LogP contribution in [0.15, 0.2) is 33.8 Å². The third-order valence-electron chi connectivity index (χ3n) is 2.91. The summed E-state index contributed by atoms with van der Waals surface area (Å²) in [6.45, 7) is 3.47. The molecule has 10 nitrogen and oxygen atoms in total. The topological polar surface area (TPSA) is 133 Å². The zero-order valence-corrected chi connectivity index (χ0v) is 13.0. The van der Waals surface area contributed by atoms with Crippen LogP contribution in [0.2, 0.25) is 0 Å². The molecule has 1 aliphatic heterocycles. The normalized spacial score (nSPS) is 14.2. The van der Waals surface area contributed by atoms with Gasteiger partial charge in [0.1, 0.15) is 19.0 Å². The Morgan fingerprint density at radius 1 is 1.38 bits per heavy atom. The number of carbonyl (C=O) groups excluding carboxylic acids is 1. The largest absolute Gasteiger partial charge is 0.510 e. The standard InChI is InChI=1S/C14H15N3O7/c1-3-22-14(19)13(8(2)18)16-15-9-6-11-12(24-5-4-23-11)7-10(9)17(20)21/h6-7,18H,3-5H2,1-2H3/b13-8-,16-15?. The molecule has 0 amide bonds. The highest BCUT2D eigenvalue weighted by molar-refractivity contribution is 5.88. The second-order valence-electron chi connectivity index (χ2n) is 4.60. The molecule has 1 aliphatic rings. The molecule has 1 aromatic carbocycles. The number of aliphatic hydroxyl groups is 1. The lowest BCUT2D eigenvalue weighted by molar-refractivity contribution is -0.384. The number of azo groups is 1. The Morgan fingerprint density at radius 3 is 2.54 bits per heavy atom. The van der Waals surface area contributed by atoms with Crippen molar-refractivity contribution < 1.29 is 29.0 Å². The van der Waals surface area contributed by atoms with Gasteiger partial charge in [0.05, 0.1) is 17.6 Å². The maximum atomic E-state index is 11.7. The van der Waals surface area contributed by atoms with Crippen molar-refractivity contribution in [3.8, 4) is 11.5 Å². The van der Waals surface area contributed by atoms with Crippen LogP contribution in [0.4, 0.5) is 11.4 Å². The highest BCUT2D eigenvalue weighted by atomic mass is 16.6. The van der Waals surface area contributed by atoms with Gasteiger partial charge < -0.3 is 19.3 Å². The maximum Gasteiger partial charge on any atom is 0.362 e. The first-order valence-corrected chi connectivity index (χ1v) is 7.00. The Labute approximate surface area is 136 Å². The molecule has 0 unspecified atom stereocenters. The summed E-state index contributed by atoms with van der Waals surface area (Å²) in [7, 11) is 0. The molecule has 10 heteroatoms. The molecule has 0 fully saturated rings. The van der Waals surface area contributed by atoms with E-state index >= 15 is 0 Å². The van der Waals surface area contributed by atoms with Gasteiger partial charge >= 0.3 is 11.7 Å². The lowest BCUT2D eigenvalue weighted by Crippen LogP contribution is -2.15. The molecule has 0 saturated heterocycles. The Kier molecular flexibility index (Phi) is 5.30. The number of aliphatic hydroxyl groups excluding tert-OH is 1. The summed E-state index contributed by atoms with van der Waals surface area (Å²) in [6.07, 6.45) is 0. The number of ether oxygens (including phenoxy) is 3. The molecule has 0 spiro atoms. The van der Waals surface area contributed by atoms with Crippen LogP contribution in [0.25, 0.3) is 0 Å². The molecule has 1 N–H and O–H groups in total. The lowest BCUT2D eigenvalue weighted by Gasteiger charge is -2.18. The zero-order chi connectivity index (χ0) is 17.7. The minimum Gasteiger partial charge on any atom is -0.510 e. The molecule has 0 bridgehead atoms. The summed E-state index contributed by atoms with van der Waals surface area (Å²) < 4.78 is 15.3. The summed E-state index contributed by atoms with van der Waals surface area (Å²) in [4.78, 5) is 22.2. The third-order valence-corrected chi connectivity index (χ3v) is 2.91. The molecule has 2 rings (SSSR count). The fraction of sp³-hybridized carbons (Fsp3) is 0.357. The van der Waals surface area contributed by atoms with Gasteiger partial charge in [-0.05, 0) is 13.8 Å². The van der Waals surface area contributed by atoms with Crippen molar-refractivity contribution >= 4 is 17.3 Å². The number of carbonyl (C=O) groups is 1. The van der Waals surface area contributed by atoms with Crippen molar-refractivity contribution in [2.75, 3.05) is 19.8 Å². The van der Waals surface area contributed by atoms with Crippen molar-refractivity contribution in [2.45, 2.75) is 13.8 Å². The van der Waals surface area contributed by atoms with Crippen LogP contribution in [0, 0.1) is 10.1 Å². The molecule has 0 atom stereocenters. The highest BCUT2D eigenvalue weighted by Gasteiger charge is 2.23. The molecule has 0 radical (unpaired) electrons. The van der Waals surface area contributed by atoms with E-state index in [1.165, 1.54) is 19.1 Å². The predicted molar refractivity (Wildman–Crippen MR) is 80.6 cm³/mol. The molecular formula is C14H15N3O7. The number of allylic oxidation sites excluding steroid dienone is 1. The van der Waals surface area contributed by atoms with Gasteiger partial charge in [-0.15, -0.1) is 10.2 Å². The van der Waals surface area contributed by atoms with Crippen LogP contribution in [0.5, 0.6) is 11.5 Å². The van der Waals surface area contributed by atoms with Crippen LogP contribution < -0.4 is 9.47 Å². The predicted octanol–water partition coefficient (Wildman–Crippen LogP) is 2.80. The van der Waals surface area contributed by atoms with Gasteiger partial charge in [0.15, 0.2) is 17.2 Å². The number of nitrogens with zero attached hydrogens (tertiary/aromatic N) is 3. The lowest BCUT2D eigenvalue weighted by atomic mass is 10.2. The first-order chi connectivity index (χ1) is 11.4. The van der Waals surface area contributed by atoms with E-state index in [2.05, 4.69) is 10.2 Å². The first kappa shape index (κ1) is 17.2. The molecule has 24 heavy (non-hydrogen) atoms. The van der Waals surface area contributed by atoms with Gasteiger partial charge in [0, 0.05) is 6.07 Å².